The van der Waals surface area contributed by atoms with Gasteiger partial charge in [0.25, 0.3) is 0 Å². The number of aliphatic carboxylic acids is 1. The third-order valence-electron chi connectivity index (χ3n) is 10.5. The number of unbranched alkanes of at least 4 members (excludes halogenated alkanes) is 27. The molecule has 0 N–H and O–H groups in total. The molecule has 0 rings (SSSR count). The summed E-state index contributed by atoms with van der Waals surface area (Å²) < 4.78 is 22.5. The molecule has 0 saturated carbocycles. The third kappa shape index (κ3) is 42.0. The zero-order chi connectivity index (χ0) is 42.1. The number of ether oxygens (including phenoxy) is 4. The molecule has 0 aliphatic heterocycles. The number of carboxylic acid groups (broad SMARTS) is 1. The number of carbonyl (C=O) groups excluding carboxylic acids is 3. The van der Waals surface area contributed by atoms with Crippen molar-refractivity contribution in [1.29, 1.82) is 0 Å². The van der Waals surface area contributed by atoms with Gasteiger partial charge in [0.2, 0.25) is 0 Å². The molecule has 2 unspecified atom stereocenters. The summed E-state index contributed by atoms with van der Waals surface area (Å²) in [6.45, 7) is 4.74. The number of quaternary nitrogens is 1. The first-order valence-corrected chi connectivity index (χ1v) is 23.8. The molecule has 0 amide bonds. The van der Waals surface area contributed by atoms with Gasteiger partial charge in [0, 0.05) is 12.8 Å². The van der Waals surface area contributed by atoms with E-state index in [1.54, 1.807) is 0 Å². The molecule has 0 aromatic rings. The first kappa shape index (κ1) is 55.0. The van der Waals surface area contributed by atoms with Gasteiger partial charge in [-0.1, -0.05) is 180 Å². The van der Waals surface area contributed by atoms with Gasteiger partial charge in [-0.2, -0.15) is 0 Å². The molecule has 0 spiro atoms. The van der Waals surface area contributed by atoms with Crippen LogP contribution in [-0.2, 0) is 33.3 Å². The van der Waals surface area contributed by atoms with E-state index >= 15 is 0 Å². The van der Waals surface area contributed by atoms with Crippen LogP contribution in [0.15, 0.2) is 12.2 Å². The minimum absolute atomic E-state index is 0.151. The second-order valence-electron chi connectivity index (χ2n) is 17.4. The minimum Gasteiger partial charge on any atom is -0.545 e. The Balaban J connectivity index is 4.23. The Hall–Kier alpha value is -1.97. The highest BCUT2D eigenvalue weighted by molar-refractivity contribution is 5.70. The molecule has 0 aliphatic rings. The summed E-state index contributed by atoms with van der Waals surface area (Å²) in [5, 5.41) is 11.7. The number of rotatable bonds is 44. The smallest absolute Gasteiger partial charge is 0.306 e. The molecule has 0 heterocycles. The molecule has 0 bridgehead atoms. The Bertz CT molecular complexity index is 949. The number of allylic oxidation sites excluding steroid dienone is 2. The van der Waals surface area contributed by atoms with Crippen molar-refractivity contribution in [3.8, 4) is 0 Å². The van der Waals surface area contributed by atoms with Crippen LogP contribution < -0.4 is 5.11 Å². The van der Waals surface area contributed by atoms with Crippen molar-refractivity contribution >= 4 is 17.9 Å². The van der Waals surface area contributed by atoms with Gasteiger partial charge in [-0.3, -0.25) is 9.59 Å². The fourth-order valence-electron chi connectivity index (χ4n) is 6.77. The highest BCUT2D eigenvalue weighted by Gasteiger charge is 2.21. The lowest BCUT2D eigenvalue weighted by molar-refractivity contribution is -0.870. The molecule has 0 radical (unpaired) electrons. The zero-order valence-electron chi connectivity index (χ0n) is 38.0. The second kappa shape index (κ2) is 40.8. The Morgan fingerprint density at radius 3 is 1.30 bits per heavy atom. The van der Waals surface area contributed by atoms with Gasteiger partial charge in [0.1, 0.15) is 13.2 Å². The van der Waals surface area contributed by atoms with Gasteiger partial charge in [-0.15, -0.1) is 0 Å². The van der Waals surface area contributed by atoms with Crippen LogP contribution in [0.2, 0.25) is 0 Å². The molecule has 0 saturated heterocycles. The van der Waals surface area contributed by atoms with Crippen molar-refractivity contribution in [2.45, 2.75) is 232 Å². The fourth-order valence-corrected chi connectivity index (χ4v) is 6.77. The summed E-state index contributed by atoms with van der Waals surface area (Å²) in [5.74, 6) is -2.28. The standard InChI is InChI=1S/C48H91NO8/c1-6-8-10-12-14-16-17-18-19-20-21-22-23-24-25-26-27-28-29-31-33-35-37-39-46(51)57-44(43-56-48(47(52)53)54-41-40-49(3,4)5)42-55-45(50)38-36-34-32-30-15-13-11-9-7-2/h20-21,44,48H,6-19,22-43H2,1-5H3/b21-20-. The summed E-state index contributed by atoms with van der Waals surface area (Å²) >= 11 is 0. The average Bonchev–Trinajstić information content (AvgIpc) is 3.17. The van der Waals surface area contributed by atoms with E-state index in [4.69, 9.17) is 18.9 Å². The molecular weight excluding hydrogens is 719 g/mol. The van der Waals surface area contributed by atoms with Crippen LogP contribution >= 0.6 is 0 Å². The summed E-state index contributed by atoms with van der Waals surface area (Å²) in [5.41, 5.74) is 0. The van der Waals surface area contributed by atoms with Crippen LogP contribution in [0, 0.1) is 0 Å². The Morgan fingerprint density at radius 1 is 0.509 bits per heavy atom. The van der Waals surface area contributed by atoms with E-state index in [-0.39, 0.29) is 32.2 Å². The van der Waals surface area contributed by atoms with Crippen molar-refractivity contribution in [2.75, 3.05) is 47.5 Å². The van der Waals surface area contributed by atoms with Gasteiger partial charge >= 0.3 is 11.9 Å². The molecule has 0 fully saturated rings. The summed E-state index contributed by atoms with van der Waals surface area (Å²) in [6, 6.07) is 0. The van der Waals surface area contributed by atoms with E-state index in [2.05, 4.69) is 26.0 Å². The normalized spacial score (nSPS) is 12.9. The van der Waals surface area contributed by atoms with Gasteiger partial charge in [-0.05, 0) is 38.5 Å². The SMILES string of the molecule is CCCCCCCCCC/C=C\CCCCCCCCCCCCCC(=O)OC(COC(=O)CCCCCCCCCCC)COC(OCC[N+](C)(C)C)C(=O)[O-]. The van der Waals surface area contributed by atoms with Gasteiger partial charge < -0.3 is 33.3 Å². The molecule has 9 nitrogen and oxygen atoms in total. The predicted octanol–water partition coefficient (Wildman–Crippen LogP) is 11.3. The number of carbonyl (C=O) groups is 3. The van der Waals surface area contributed by atoms with Crippen molar-refractivity contribution in [2.24, 2.45) is 0 Å². The summed E-state index contributed by atoms with van der Waals surface area (Å²) in [6.07, 6.45) is 39.7. The van der Waals surface area contributed by atoms with E-state index in [1.165, 1.54) is 154 Å². The van der Waals surface area contributed by atoms with Crippen LogP contribution in [0.1, 0.15) is 219 Å². The van der Waals surface area contributed by atoms with Gasteiger partial charge in [-0.25, -0.2) is 0 Å². The average molecular weight is 810 g/mol. The van der Waals surface area contributed by atoms with E-state index < -0.39 is 24.3 Å². The monoisotopic (exact) mass is 810 g/mol. The first-order chi connectivity index (χ1) is 27.6. The molecule has 57 heavy (non-hydrogen) atoms. The van der Waals surface area contributed by atoms with Crippen LogP contribution in [-0.4, -0.2) is 82.3 Å². The minimum atomic E-state index is -1.61. The number of likely N-dealkylation sites (N-methyl/N-ethyl adjacent to an activating group) is 1. The first-order valence-electron chi connectivity index (χ1n) is 23.8. The third-order valence-corrected chi connectivity index (χ3v) is 10.5. The molecule has 0 aromatic carbocycles. The van der Waals surface area contributed by atoms with Crippen molar-refractivity contribution < 1.29 is 42.9 Å². The van der Waals surface area contributed by atoms with Crippen LogP contribution in [0.5, 0.6) is 0 Å². The van der Waals surface area contributed by atoms with Crippen LogP contribution in [0.25, 0.3) is 0 Å². The van der Waals surface area contributed by atoms with Crippen molar-refractivity contribution in [1.82, 2.24) is 0 Å². The fraction of sp³-hybridized carbons (Fsp3) is 0.896. The lowest BCUT2D eigenvalue weighted by atomic mass is 10.0. The molecule has 0 aromatic heterocycles. The molecule has 0 aliphatic carbocycles. The van der Waals surface area contributed by atoms with E-state index in [0.29, 0.717) is 23.9 Å². The quantitative estimate of drug-likeness (QED) is 0.0197. The highest BCUT2D eigenvalue weighted by atomic mass is 16.7. The Labute approximate surface area is 351 Å². The van der Waals surface area contributed by atoms with Gasteiger partial charge in [0.15, 0.2) is 12.4 Å². The summed E-state index contributed by atoms with van der Waals surface area (Å²) in [7, 11) is 5.91. The number of carboxylic acids is 1. The van der Waals surface area contributed by atoms with E-state index in [0.717, 1.165) is 32.1 Å². The second-order valence-corrected chi connectivity index (χ2v) is 17.4. The van der Waals surface area contributed by atoms with Crippen molar-refractivity contribution in [3.63, 3.8) is 0 Å². The topological polar surface area (TPSA) is 111 Å². The lowest BCUT2D eigenvalue weighted by Gasteiger charge is -2.26. The van der Waals surface area contributed by atoms with Gasteiger partial charge in [0.05, 0.1) is 40.3 Å². The van der Waals surface area contributed by atoms with Crippen molar-refractivity contribution in [3.05, 3.63) is 12.2 Å². The number of nitrogens with zero attached hydrogens (tertiary/aromatic N) is 1. The number of hydrogen-bond donors (Lipinski definition) is 0. The molecule has 9 heteroatoms. The molecule has 336 valence electrons. The van der Waals surface area contributed by atoms with E-state index in [1.807, 2.05) is 21.1 Å². The Morgan fingerprint density at radius 2 is 0.895 bits per heavy atom. The highest BCUT2D eigenvalue weighted by Crippen LogP contribution is 2.15. The van der Waals surface area contributed by atoms with E-state index in [9.17, 15) is 19.5 Å². The largest absolute Gasteiger partial charge is 0.545 e. The number of hydrogen-bond acceptors (Lipinski definition) is 8. The maximum Gasteiger partial charge on any atom is 0.306 e. The van der Waals surface area contributed by atoms with Crippen LogP contribution in [0.3, 0.4) is 0 Å². The number of esters is 2. The lowest BCUT2D eigenvalue weighted by Crippen LogP contribution is -2.44. The Kier molecular flexibility index (Phi) is 39.4. The summed E-state index contributed by atoms with van der Waals surface area (Å²) in [4.78, 5) is 36.9. The predicted molar refractivity (Wildman–Crippen MR) is 233 cm³/mol. The van der Waals surface area contributed by atoms with Crippen LogP contribution in [0.4, 0.5) is 0 Å². The maximum atomic E-state index is 12.7. The molecule has 2 atom stereocenters. The molecular formula is C48H91NO8. The maximum absolute atomic E-state index is 12.7. The zero-order valence-corrected chi connectivity index (χ0v) is 38.0.